The van der Waals surface area contributed by atoms with E-state index >= 15 is 0 Å². The van der Waals surface area contributed by atoms with Crippen LogP contribution in [0.1, 0.15) is 33.6 Å². The lowest BCUT2D eigenvalue weighted by molar-refractivity contribution is -0.124. The maximum Gasteiger partial charge on any atom is 0.238 e. The van der Waals surface area contributed by atoms with Gasteiger partial charge in [-0.2, -0.15) is 0 Å². The van der Waals surface area contributed by atoms with Crippen molar-refractivity contribution < 1.29 is 17.9 Å². The van der Waals surface area contributed by atoms with Gasteiger partial charge in [0.05, 0.1) is 18.4 Å². The maximum absolute atomic E-state index is 11.9. The smallest absolute Gasteiger partial charge is 0.238 e. The monoisotopic (exact) mass is 292 g/mol. The Labute approximate surface area is 115 Å². The van der Waals surface area contributed by atoms with Crippen molar-refractivity contribution in [3.05, 3.63) is 0 Å². The van der Waals surface area contributed by atoms with Crippen LogP contribution in [0.15, 0.2) is 0 Å². The number of ether oxygens (including phenoxy) is 1. The van der Waals surface area contributed by atoms with Gasteiger partial charge < -0.3 is 10.1 Å². The molecule has 0 radical (unpaired) electrons. The first kappa shape index (κ1) is 16.4. The minimum atomic E-state index is -3.37. The van der Waals surface area contributed by atoms with Crippen molar-refractivity contribution in [1.29, 1.82) is 0 Å². The Hall–Kier alpha value is -0.660. The molecule has 1 heterocycles. The van der Waals surface area contributed by atoms with E-state index in [0.29, 0.717) is 12.5 Å². The SMILES string of the molecule is CC(NS(C)(=O)=O)C(=O)NC1CCOC(C(C)C)C1. The quantitative estimate of drug-likeness (QED) is 0.760. The lowest BCUT2D eigenvalue weighted by atomic mass is 9.95. The van der Waals surface area contributed by atoms with E-state index in [1.807, 2.05) is 0 Å². The van der Waals surface area contributed by atoms with Crippen molar-refractivity contribution in [2.45, 2.75) is 51.8 Å². The molecule has 7 heteroatoms. The van der Waals surface area contributed by atoms with Gasteiger partial charge in [0.1, 0.15) is 0 Å². The number of carbonyl (C=O) groups excluding carboxylic acids is 1. The molecule has 3 atom stereocenters. The van der Waals surface area contributed by atoms with E-state index in [4.69, 9.17) is 4.74 Å². The third-order valence-corrected chi connectivity index (χ3v) is 3.97. The van der Waals surface area contributed by atoms with Crippen molar-refractivity contribution >= 4 is 15.9 Å². The average Bonchev–Trinajstić information content (AvgIpc) is 2.27. The molecule has 1 aliphatic heterocycles. The molecule has 0 saturated carbocycles. The first-order valence-electron chi connectivity index (χ1n) is 6.58. The van der Waals surface area contributed by atoms with Gasteiger partial charge in [0.2, 0.25) is 15.9 Å². The van der Waals surface area contributed by atoms with Crippen molar-refractivity contribution in [3.63, 3.8) is 0 Å². The van der Waals surface area contributed by atoms with E-state index in [9.17, 15) is 13.2 Å². The van der Waals surface area contributed by atoms with Crippen LogP contribution in [-0.2, 0) is 19.6 Å². The van der Waals surface area contributed by atoms with Gasteiger partial charge in [0, 0.05) is 12.6 Å². The molecule has 0 bridgehead atoms. The molecule has 1 rings (SSSR count). The Morgan fingerprint density at radius 2 is 1.95 bits per heavy atom. The summed E-state index contributed by atoms with van der Waals surface area (Å²) < 4.78 is 30.0. The summed E-state index contributed by atoms with van der Waals surface area (Å²) in [5.74, 6) is 0.117. The third kappa shape index (κ3) is 5.88. The van der Waals surface area contributed by atoms with Gasteiger partial charge in [-0.05, 0) is 25.7 Å². The molecular formula is C12H24N2O4S. The lowest BCUT2D eigenvalue weighted by Crippen LogP contribution is -2.50. The Morgan fingerprint density at radius 3 is 2.47 bits per heavy atom. The summed E-state index contributed by atoms with van der Waals surface area (Å²) in [7, 11) is -3.37. The molecule has 6 nitrogen and oxygen atoms in total. The minimum absolute atomic E-state index is 0.0532. The largest absolute Gasteiger partial charge is 0.378 e. The molecule has 19 heavy (non-hydrogen) atoms. The number of hydrogen-bond acceptors (Lipinski definition) is 4. The van der Waals surface area contributed by atoms with Crippen LogP contribution in [0.5, 0.6) is 0 Å². The van der Waals surface area contributed by atoms with Gasteiger partial charge in [-0.25, -0.2) is 13.1 Å². The molecule has 0 aromatic heterocycles. The Balaban J connectivity index is 2.48. The summed E-state index contributed by atoms with van der Waals surface area (Å²) in [6.07, 6.45) is 2.73. The Morgan fingerprint density at radius 1 is 1.32 bits per heavy atom. The number of nitrogens with one attached hydrogen (secondary N) is 2. The summed E-state index contributed by atoms with van der Waals surface area (Å²) in [6.45, 7) is 6.34. The molecule has 0 aromatic carbocycles. The Bertz CT molecular complexity index is 408. The third-order valence-electron chi connectivity index (χ3n) is 3.19. The zero-order valence-corrected chi connectivity index (χ0v) is 12.8. The molecular weight excluding hydrogens is 268 g/mol. The van der Waals surface area contributed by atoms with Gasteiger partial charge in [0.25, 0.3) is 0 Å². The van der Waals surface area contributed by atoms with Gasteiger partial charge in [-0.1, -0.05) is 13.8 Å². The number of rotatable bonds is 5. The highest BCUT2D eigenvalue weighted by atomic mass is 32.2. The van der Waals surface area contributed by atoms with Gasteiger partial charge >= 0.3 is 0 Å². The summed E-state index contributed by atoms with van der Waals surface area (Å²) in [4.78, 5) is 11.9. The molecule has 1 fully saturated rings. The summed E-state index contributed by atoms with van der Waals surface area (Å²) in [6, 6.07) is -0.701. The Kier molecular flexibility index (Phi) is 5.76. The number of amides is 1. The van der Waals surface area contributed by atoms with Crippen molar-refractivity contribution in [2.75, 3.05) is 12.9 Å². The fraction of sp³-hybridized carbons (Fsp3) is 0.917. The zero-order valence-electron chi connectivity index (χ0n) is 12.0. The van der Waals surface area contributed by atoms with Crippen LogP contribution < -0.4 is 10.0 Å². The van der Waals surface area contributed by atoms with Crippen LogP contribution in [0.3, 0.4) is 0 Å². The van der Waals surface area contributed by atoms with Crippen LogP contribution in [0.25, 0.3) is 0 Å². The van der Waals surface area contributed by atoms with Crippen LogP contribution in [0, 0.1) is 5.92 Å². The molecule has 0 aromatic rings. The maximum atomic E-state index is 11.9. The highest BCUT2D eigenvalue weighted by Gasteiger charge is 2.27. The van der Waals surface area contributed by atoms with Gasteiger partial charge in [-0.15, -0.1) is 0 Å². The zero-order chi connectivity index (χ0) is 14.6. The second-order valence-electron chi connectivity index (χ2n) is 5.49. The summed E-state index contributed by atoms with van der Waals surface area (Å²) >= 11 is 0. The minimum Gasteiger partial charge on any atom is -0.378 e. The standard InChI is InChI=1S/C12H24N2O4S/c1-8(2)11-7-10(5-6-18-11)13-12(15)9(3)14-19(4,16)17/h8-11,14H,5-7H2,1-4H3,(H,13,15). The molecule has 0 aliphatic carbocycles. The predicted molar refractivity (Wildman–Crippen MR) is 73.2 cm³/mol. The first-order chi connectivity index (χ1) is 8.69. The molecule has 2 N–H and O–H groups in total. The molecule has 1 saturated heterocycles. The number of carbonyl (C=O) groups is 1. The number of sulfonamides is 1. The molecule has 1 amide bonds. The fourth-order valence-electron chi connectivity index (χ4n) is 2.12. The molecule has 3 unspecified atom stereocenters. The van der Waals surface area contributed by atoms with E-state index in [1.165, 1.54) is 6.92 Å². The van der Waals surface area contributed by atoms with Crippen LogP contribution in [-0.4, -0.2) is 45.4 Å². The van der Waals surface area contributed by atoms with Crippen LogP contribution in [0.4, 0.5) is 0 Å². The van der Waals surface area contributed by atoms with E-state index in [-0.39, 0.29) is 18.1 Å². The van der Waals surface area contributed by atoms with Gasteiger partial charge in [0.15, 0.2) is 0 Å². The average molecular weight is 292 g/mol. The molecule has 1 aliphatic rings. The molecule has 0 spiro atoms. The topological polar surface area (TPSA) is 84.5 Å². The lowest BCUT2D eigenvalue weighted by Gasteiger charge is -2.32. The van der Waals surface area contributed by atoms with Gasteiger partial charge in [-0.3, -0.25) is 4.79 Å². The van der Waals surface area contributed by atoms with Crippen molar-refractivity contribution in [1.82, 2.24) is 10.0 Å². The second-order valence-corrected chi connectivity index (χ2v) is 7.27. The molecule has 112 valence electrons. The first-order valence-corrected chi connectivity index (χ1v) is 8.47. The van der Waals surface area contributed by atoms with Crippen LogP contribution >= 0.6 is 0 Å². The van der Waals surface area contributed by atoms with E-state index in [2.05, 4.69) is 23.9 Å². The van der Waals surface area contributed by atoms with E-state index in [0.717, 1.165) is 19.1 Å². The summed E-state index contributed by atoms with van der Waals surface area (Å²) in [5, 5.41) is 2.88. The summed E-state index contributed by atoms with van der Waals surface area (Å²) in [5.41, 5.74) is 0. The second kappa shape index (κ2) is 6.67. The predicted octanol–water partition coefficient (Wildman–Crippen LogP) is 0.244. The van der Waals surface area contributed by atoms with E-state index in [1.54, 1.807) is 0 Å². The fourth-order valence-corrected chi connectivity index (χ4v) is 2.87. The normalized spacial score (nSPS) is 26.2. The van der Waals surface area contributed by atoms with Crippen molar-refractivity contribution in [3.8, 4) is 0 Å². The van der Waals surface area contributed by atoms with E-state index < -0.39 is 16.1 Å². The van der Waals surface area contributed by atoms with Crippen LogP contribution in [0.2, 0.25) is 0 Å². The highest BCUT2D eigenvalue weighted by molar-refractivity contribution is 7.88. The van der Waals surface area contributed by atoms with Crippen molar-refractivity contribution in [2.24, 2.45) is 5.92 Å². The highest BCUT2D eigenvalue weighted by Crippen LogP contribution is 2.20. The number of hydrogen-bond donors (Lipinski definition) is 2.